The number of nitrogens with one attached hydrogen (secondary N) is 1. The van der Waals surface area contributed by atoms with E-state index in [0.29, 0.717) is 19.7 Å². The van der Waals surface area contributed by atoms with Crippen LogP contribution < -0.4 is 10.1 Å². The van der Waals surface area contributed by atoms with Crippen LogP contribution in [0.1, 0.15) is 28.7 Å². The molecule has 35 heavy (non-hydrogen) atoms. The second kappa shape index (κ2) is 11.9. The van der Waals surface area contributed by atoms with E-state index in [4.69, 9.17) is 4.74 Å². The maximum atomic E-state index is 13.3. The van der Waals surface area contributed by atoms with Gasteiger partial charge in [0.05, 0.1) is 6.33 Å². The third kappa shape index (κ3) is 6.96. The van der Waals surface area contributed by atoms with Crippen LogP contribution in [0.25, 0.3) is 0 Å². The molecule has 1 heterocycles. The summed E-state index contributed by atoms with van der Waals surface area (Å²) in [5.41, 5.74) is 5.16. The van der Waals surface area contributed by atoms with Crippen molar-refractivity contribution in [3.63, 3.8) is 0 Å². The molecule has 0 bridgehead atoms. The summed E-state index contributed by atoms with van der Waals surface area (Å²) in [4.78, 5) is 19.3. The van der Waals surface area contributed by atoms with E-state index < -0.39 is 0 Å². The molecule has 6 heteroatoms. The van der Waals surface area contributed by atoms with Gasteiger partial charge in [-0.05, 0) is 54.7 Å². The van der Waals surface area contributed by atoms with E-state index >= 15 is 0 Å². The lowest BCUT2D eigenvalue weighted by molar-refractivity contribution is 0.207. The van der Waals surface area contributed by atoms with E-state index in [0.717, 1.165) is 46.7 Å². The third-order valence-electron chi connectivity index (χ3n) is 5.95. The molecule has 2 amide bonds. The second-order valence-electron chi connectivity index (χ2n) is 8.69. The highest BCUT2D eigenvalue weighted by Crippen LogP contribution is 2.21. The number of ether oxygens (including phenoxy) is 1. The van der Waals surface area contributed by atoms with Crippen molar-refractivity contribution in [2.45, 2.75) is 40.0 Å². The van der Waals surface area contributed by atoms with Gasteiger partial charge >= 0.3 is 6.03 Å². The first kappa shape index (κ1) is 24.1. The Morgan fingerprint density at radius 1 is 0.943 bits per heavy atom. The van der Waals surface area contributed by atoms with Crippen LogP contribution in [0.15, 0.2) is 91.5 Å². The fraction of sp³-hybridized carbons (Fsp3) is 0.241. The van der Waals surface area contributed by atoms with E-state index in [9.17, 15) is 4.79 Å². The standard InChI is InChI=1S/C29H32N4O2/c1-23-8-6-9-24(2)28(23)31-29(34)33(18-7-17-32-19-16-30-22-32)20-25-12-14-27(15-13-25)35-21-26-10-4-3-5-11-26/h3-6,8-16,19,22H,7,17-18,20-21H2,1-2H3,(H,31,34). The summed E-state index contributed by atoms with van der Waals surface area (Å²) in [6.45, 7) is 6.50. The van der Waals surface area contributed by atoms with Crippen molar-refractivity contribution in [3.8, 4) is 5.75 Å². The average molecular weight is 469 g/mol. The number of aromatic nitrogens is 2. The summed E-state index contributed by atoms with van der Waals surface area (Å²) in [5.74, 6) is 0.809. The molecule has 0 saturated carbocycles. The number of para-hydroxylation sites is 1. The van der Waals surface area contributed by atoms with Gasteiger partial charge in [0.2, 0.25) is 0 Å². The number of imidazole rings is 1. The molecule has 0 radical (unpaired) electrons. The number of hydrogen-bond acceptors (Lipinski definition) is 3. The van der Waals surface area contributed by atoms with Crippen LogP contribution in [0.5, 0.6) is 5.75 Å². The Labute approximate surface area is 207 Å². The molecule has 4 aromatic rings. The Bertz CT molecular complexity index is 1190. The van der Waals surface area contributed by atoms with E-state index in [1.165, 1.54) is 0 Å². The van der Waals surface area contributed by atoms with Crippen molar-refractivity contribution >= 4 is 11.7 Å². The summed E-state index contributed by atoms with van der Waals surface area (Å²) in [6, 6.07) is 24.0. The molecule has 4 rings (SSSR count). The molecular weight excluding hydrogens is 436 g/mol. The van der Waals surface area contributed by atoms with Crippen molar-refractivity contribution < 1.29 is 9.53 Å². The highest BCUT2D eigenvalue weighted by Gasteiger charge is 2.16. The highest BCUT2D eigenvalue weighted by atomic mass is 16.5. The summed E-state index contributed by atoms with van der Waals surface area (Å²) >= 11 is 0. The topological polar surface area (TPSA) is 59.4 Å². The molecule has 180 valence electrons. The van der Waals surface area contributed by atoms with Crippen molar-refractivity contribution in [2.24, 2.45) is 0 Å². The number of rotatable bonds is 10. The maximum Gasteiger partial charge on any atom is 0.322 e. The molecular formula is C29H32N4O2. The SMILES string of the molecule is Cc1cccc(C)c1NC(=O)N(CCCn1ccnc1)Cc1ccc(OCc2ccccc2)cc1. The number of urea groups is 1. The average Bonchev–Trinajstić information content (AvgIpc) is 3.39. The number of aryl methyl sites for hydroxylation is 3. The van der Waals surface area contributed by atoms with Gasteiger partial charge < -0.3 is 19.5 Å². The number of nitrogens with zero attached hydrogens (tertiary/aromatic N) is 3. The van der Waals surface area contributed by atoms with Gasteiger partial charge in [-0.2, -0.15) is 0 Å². The molecule has 0 aliphatic carbocycles. The lowest BCUT2D eigenvalue weighted by Gasteiger charge is -2.24. The molecule has 0 aliphatic heterocycles. The minimum absolute atomic E-state index is 0.0996. The number of benzene rings is 3. The van der Waals surface area contributed by atoms with Gasteiger partial charge in [-0.1, -0.05) is 60.7 Å². The van der Waals surface area contributed by atoms with Crippen LogP contribution in [-0.2, 0) is 19.7 Å². The Kier molecular flexibility index (Phi) is 8.17. The number of anilines is 1. The molecule has 0 fully saturated rings. The lowest BCUT2D eigenvalue weighted by Crippen LogP contribution is -2.36. The minimum Gasteiger partial charge on any atom is -0.489 e. The zero-order valence-corrected chi connectivity index (χ0v) is 20.4. The van der Waals surface area contributed by atoms with Crippen molar-refractivity contribution in [1.82, 2.24) is 14.5 Å². The summed E-state index contributed by atoms with van der Waals surface area (Å²) in [7, 11) is 0. The van der Waals surface area contributed by atoms with Gasteiger partial charge in [-0.3, -0.25) is 0 Å². The van der Waals surface area contributed by atoms with Gasteiger partial charge in [0.25, 0.3) is 0 Å². The molecule has 0 saturated heterocycles. The summed E-state index contributed by atoms with van der Waals surface area (Å²) < 4.78 is 7.94. The first-order valence-electron chi connectivity index (χ1n) is 11.9. The van der Waals surface area contributed by atoms with Gasteiger partial charge in [-0.15, -0.1) is 0 Å². The first-order valence-corrected chi connectivity index (χ1v) is 11.9. The van der Waals surface area contributed by atoms with Crippen LogP contribution in [0.2, 0.25) is 0 Å². The Balaban J connectivity index is 1.41. The van der Waals surface area contributed by atoms with Crippen LogP contribution in [-0.4, -0.2) is 27.0 Å². The second-order valence-corrected chi connectivity index (χ2v) is 8.69. The number of carbonyl (C=O) groups is 1. The number of hydrogen-bond donors (Lipinski definition) is 1. The monoisotopic (exact) mass is 468 g/mol. The molecule has 0 spiro atoms. The van der Waals surface area contributed by atoms with Gasteiger partial charge in [0.1, 0.15) is 12.4 Å². The summed E-state index contributed by atoms with van der Waals surface area (Å²) in [6.07, 6.45) is 6.34. The van der Waals surface area contributed by atoms with Crippen molar-refractivity contribution in [2.75, 3.05) is 11.9 Å². The quantitative estimate of drug-likeness (QED) is 0.301. The molecule has 0 atom stereocenters. The predicted molar refractivity (Wildman–Crippen MR) is 139 cm³/mol. The fourth-order valence-electron chi connectivity index (χ4n) is 3.97. The smallest absolute Gasteiger partial charge is 0.322 e. The Hall–Kier alpha value is -4.06. The zero-order valence-electron chi connectivity index (χ0n) is 20.4. The van der Waals surface area contributed by atoms with E-state index in [1.54, 1.807) is 12.5 Å². The van der Waals surface area contributed by atoms with Crippen LogP contribution in [0.3, 0.4) is 0 Å². The number of amides is 2. The normalized spacial score (nSPS) is 10.7. The highest BCUT2D eigenvalue weighted by molar-refractivity contribution is 5.91. The van der Waals surface area contributed by atoms with Gasteiger partial charge in [0, 0.05) is 37.7 Å². The van der Waals surface area contributed by atoms with E-state index in [-0.39, 0.29) is 6.03 Å². The maximum absolute atomic E-state index is 13.3. The lowest BCUT2D eigenvalue weighted by atomic mass is 10.1. The Morgan fingerprint density at radius 3 is 2.37 bits per heavy atom. The predicted octanol–water partition coefficient (Wildman–Crippen LogP) is 6.20. The molecule has 6 nitrogen and oxygen atoms in total. The number of carbonyl (C=O) groups excluding carboxylic acids is 1. The molecule has 3 aromatic carbocycles. The zero-order chi connectivity index (χ0) is 24.5. The first-order chi connectivity index (χ1) is 17.1. The van der Waals surface area contributed by atoms with Crippen LogP contribution >= 0.6 is 0 Å². The van der Waals surface area contributed by atoms with Crippen molar-refractivity contribution in [1.29, 1.82) is 0 Å². The minimum atomic E-state index is -0.0996. The van der Waals surface area contributed by atoms with Crippen LogP contribution in [0.4, 0.5) is 10.5 Å². The van der Waals surface area contributed by atoms with Gasteiger partial charge in [0.15, 0.2) is 0 Å². The van der Waals surface area contributed by atoms with Crippen molar-refractivity contribution in [3.05, 3.63) is 114 Å². The molecule has 1 aromatic heterocycles. The molecule has 0 unspecified atom stereocenters. The fourth-order valence-corrected chi connectivity index (χ4v) is 3.97. The molecule has 1 N–H and O–H groups in total. The third-order valence-corrected chi connectivity index (χ3v) is 5.95. The largest absolute Gasteiger partial charge is 0.489 e. The van der Waals surface area contributed by atoms with E-state index in [2.05, 4.69) is 10.3 Å². The molecule has 0 aliphatic rings. The Morgan fingerprint density at radius 2 is 1.69 bits per heavy atom. The van der Waals surface area contributed by atoms with Gasteiger partial charge in [-0.25, -0.2) is 9.78 Å². The van der Waals surface area contributed by atoms with Crippen LogP contribution in [0, 0.1) is 13.8 Å². The van der Waals surface area contributed by atoms with E-state index in [1.807, 2.05) is 102 Å². The summed E-state index contributed by atoms with van der Waals surface area (Å²) in [5, 5.41) is 3.14.